The summed E-state index contributed by atoms with van der Waals surface area (Å²) < 4.78 is 20.9. The Bertz CT molecular complexity index is 646. The maximum Gasteiger partial charge on any atom is 0.123 e. The summed E-state index contributed by atoms with van der Waals surface area (Å²) >= 11 is 0. The van der Waals surface area contributed by atoms with Gasteiger partial charge in [0.1, 0.15) is 5.82 Å². The number of aliphatic hydroxyl groups is 1. The average molecular weight is 348 g/mol. The van der Waals surface area contributed by atoms with Gasteiger partial charge < -0.3 is 14.4 Å². The first-order valence-corrected chi connectivity index (χ1v) is 8.62. The molecule has 1 aromatic carbocycles. The Labute approximate surface area is 149 Å². The summed E-state index contributed by atoms with van der Waals surface area (Å²) in [4.78, 5) is 2.15. The zero-order valence-electron chi connectivity index (χ0n) is 15.6. The van der Waals surface area contributed by atoms with E-state index in [0.717, 1.165) is 11.3 Å². The third-order valence-corrected chi connectivity index (χ3v) is 3.93. The van der Waals surface area contributed by atoms with Gasteiger partial charge in [0.05, 0.1) is 18.3 Å². The standard InChI is InChI=1S/C20H29FN2O2/c1-20(2,3)25-15-19(24)14-23(13-18-6-5-11-22(18)4)12-16-7-9-17(21)10-8-16/h5-11,19,24H,12-15H2,1-4H3. The lowest BCUT2D eigenvalue weighted by molar-refractivity contribution is -0.0573. The lowest BCUT2D eigenvalue weighted by Gasteiger charge is -2.27. The SMILES string of the molecule is Cn1cccc1CN(Cc1ccc(F)cc1)CC(O)COC(C)(C)C. The predicted molar refractivity (Wildman–Crippen MR) is 97.6 cm³/mol. The molecule has 1 unspecified atom stereocenters. The van der Waals surface area contributed by atoms with Crippen molar-refractivity contribution in [2.75, 3.05) is 13.2 Å². The highest BCUT2D eigenvalue weighted by Crippen LogP contribution is 2.13. The first-order valence-electron chi connectivity index (χ1n) is 8.62. The van der Waals surface area contributed by atoms with E-state index in [1.807, 2.05) is 40.1 Å². The number of aromatic nitrogens is 1. The fourth-order valence-electron chi connectivity index (χ4n) is 2.62. The van der Waals surface area contributed by atoms with Gasteiger partial charge in [0.2, 0.25) is 0 Å². The third kappa shape index (κ3) is 6.98. The van der Waals surface area contributed by atoms with Crippen molar-refractivity contribution in [3.8, 4) is 0 Å². The van der Waals surface area contributed by atoms with Crippen LogP contribution in [-0.4, -0.2) is 39.4 Å². The van der Waals surface area contributed by atoms with Crippen molar-refractivity contribution in [1.82, 2.24) is 9.47 Å². The molecule has 4 nitrogen and oxygen atoms in total. The van der Waals surface area contributed by atoms with Gasteiger partial charge in [-0.05, 0) is 50.6 Å². The van der Waals surface area contributed by atoms with Crippen molar-refractivity contribution in [1.29, 1.82) is 0 Å². The zero-order chi connectivity index (χ0) is 18.4. The van der Waals surface area contributed by atoms with E-state index in [2.05, 4.69) is 15.5 Å². The minimum atomic E-state index is -0.583. The zero-order valence-corrected chi connectivity index (χ0v) is 15.6. The molecule has 0 bridgehead atoms. The Morgan fingerprint density at radius 1 is 1.16 bits per heavy atom. The quantitative estimate of drug-likeness (QED) is 0.795. The molecule has 5 heteroatoms. The maximum atomic E-state index is 13.1. The van der Waals surface area contributed by atoms with E-state index in [0.29, 0.717) is 19.6 Å². The highest BCUT2D eigenvalue weighted by molar-refractivity contribution is 5.16. The number of nitrogens with zero attached hydrogens (tertiary/aromatic N) is 2. The van der Waals surface area contributed by atoms with Crippen molar-refractivity contribution in [3.05, 3.63) is 59.7 Å². The lowest BCUT2D eigenvalue weighted by Crippen LogP contribution is -2.36. The number of hydrogen-bond donors (Lipinski definition) is 1. The first-order chi connectivity index (χ1) is 11.7. The van der Waals surface area contributed by atoms with Crippen LogP contribution in [-0.2, 0) is 24.9 Å². The molecule has 25 heavy (non-hydrogen) atoms. The Morgan fingerprint density at radius 3 is 2.40 bits per heavy atom. The number of rotatable bonds is 8. The highest BCUT2D eigenvalue weighted by Gasteiger charge is 2.17. The van der Waals surface area contributed by atoms with Crippen LogP contribution in [0.15, 0.2) is 42.6 Å². The van der Waals surface area contributed by atoms with Crippen LogP contribution in [0.3, 0.4) is 0 Å². The molecule has 2 aromatic rings. The van der Waals surface area contributed by atoms with Gasteiger partial charge in [0, 0.05) is 38.6 Å². The summed E-state index contributed by atoms with van der Waals surface area (Å²) in [5.41, 5.74) is 1.89. The van der Waals surface area contributed by atoms with Crippen LogP contribution >= 0.6 is 0 Å². The first kappa shape index (κ1) is 19.6. The van der Waals surface area contributed by atoms with E-state index in [1.165, 1.54) is 12.1 Å². The molecule has 1 N–H and O–H groups in total. The molecule has 0 fully saturated rings. The van der Waals surface area contributed by atoms with Gasteiger partial charge in [-0.25, -0.2) is 4.39 Å². The number of benzene rings is 1. The van der Waals surface area contributed by atoms with Crippen molar-refractivity contribution in [2.24, 2.45) is 7.05 Å². The second-order valence-corrected chi connectivity index (χ2v) is 7.48. The fourth-order valence-corrected chi connectivity index (χ4v) is 2.62. The molecule has 0 aliphatic rings. The average Bonchev–Trinajstić information content (AvgIpc) is 2.92. The van der Waals surface area contributed by atoms with E-state index >= 15 is 0 Å². The number of aryl methyl sites for hydroxylation is 1. The van der Waals surface area contributed by atoms with Crippen LogP contribution in [0.2, 0.25) is 0 Å². The minimum absolute atomic E-state index is 0.239. The van der Waals surface area contributed by atoms with E-state index < -0.39 is 6.10 Å². The summed E-state index contributed by atoms with van der Waals surface area (Å²) in [6.07, 6.45) is 1.42. The molecule has 1 aromatic heterocycles. The minimum Gasteiger partial charge on any atom is -0.389 e. The molecule has 0 saturated carbocycles. The Kier molecular flexibility index (Phi) is 6.76. The molecule has 1 atom stereocenters. The van der Waals surface area contributed by atoms with E-state index in [1.54, 1.807) is 12.1 Å². The molecular weight excluding hydrogens is 319 g/mol. The summed E-state index contributed by atoms with van der Waals surface area (Å²) in [5.74, 6) is -0.239. The van der Waals surface area contributed by atoms with Crippen LogP contribution in [0, 0.1) is 5.82 Å². The van der Waals surface area contributed by atoms with E-state index in [4.69, 9.17) is 4.74 Å². The van der Waals surface area contributed by atoms with Gasteiger partial charge in [-0.2, -0.15) is 0 Å². The van der Waals surface area contributed by atoms with E-state index in [-0.39, 0.29) is 18.0 Å². The normalized spacial score (nSPS) is 13.4. The molecule has 0 aliphatic heterocycles. The van der Waals surface area contributed by atoms with Crippen LogP contribution in [0.1, 0.15) is 32.0 Å². The summed E-state index contributed by atoms with van der Waals surface area (Å²) in [7, 11) is 2.00. The number of ether oxygens (including phenoxy) is 1. The fraction of sp³-hybridized carbons (Fsp3) is 0.500. The van der Waals surface area contributed by atoms with Gasteiger partial charge in [0.25, 0.3) is 0 Å². The van der Waals surface area contributed by atoms with Gasteiger partial charge in [-0.3, -0.25) is 4.90 Å². The molecule has 0 spiro atoms. The second-order valence-electron chi connectivity index (χ2n) is 7.48. The molecule has 138 valence electrons. The Morgan fingerprint density at radius 2 is 1.84 bits per heavy atom. The van der Waals surface area contributed by atoms with Gasteiger partial charge in [-0.15, -0.1) is 0 Å². The largest absolute Gasteiger partial charge is 0.389 e. The van der Waals surface area contributed by atoms with Crippen LogP contribution in [0.5, 0.6) is 0 Å². The van der Waals surface area contributed by atoms with Crippen LogP contribution in [0.4, 0.5) is 4.39 Å². The number of aliphatic hydroxyl groups excluding tert-OH is 1. The molecule has 0 saturated heterocycles. The second kappa shape index (κ2) is 8.61. The molecule has 1 heterocycles. The van der Waals surface area contributed by atoms with Crippen molar-refractivity contribution in [2.45, 2.75) is 45.6 Å². The van der Waals surface area contributed by atoms with E-state index in [9.17, 15) is 9.50 Å². The number of hydrogen-bond acceptors (Lipinski definition) is 3. The molecular formula is C20H29FN2O2. The molecule has 2 rings (SSSR count). The molecule has 0 aliphatic carbocycles. The van der Waals surface area contributed by atoms with Gasteiger partial charge in [0.15, 0.2) is 0 Å². The van der Waals surface area contributed by atoms with Crippen LogP contribution < -0.4 is 0 Å². The number of halogens is 1. The molecule has 0 amide bonds. The van der Waals surface area contributed by atoms with Gasteiger partial charge >= 0.3 is 0 Å². The van der Waals surface area contributed by atoms with Gasteiger partial charge in [-0.1, -0.05) is 12.1 Å². The summed E-state index contributed by atoms with van der Waals surface area (Å²) in [6.45, 7) is 8.03. The summed E-state index contributed by atoms with van der Waals surface area (Å²) in [5, 5.41) is 10.4. The highest BCUT2D eigenvalue weighted by atomic mass is 19.1. The Hall–Kier alpha value is -1.69. The molecule has 0 radical (unpaired) electrons. The third-order valence-electron chi connectivity index (χ3n) is 3.93. The van der Waals surface area contributed by atoms with Crippen molar-refractivity contribution in [3.63, 3.8) is 0 Å². The van der Waals surface area contributed by atoms with Crippen molar-refractivity contribution < 1.29 is 14.2 Å². The Balaban J connectivity index is 2.03. The lowest BCUT2D eigenvalue weighted by atomic mass is 10.2. The maximum absolute atomic E-state index is 13.1. The monoisotopic (exact) mass is 348 g/mol. The topological polar surface area (TPSA) is 37.6 Å². The van der Waals surface area contributed by atoms with Crippen molar-refractivity contribution >= 4 is 0 Å². The van der Waals surface area contributed by atoms with Crippen LogP contribution in [0.25, 0.3) is 0 Å². The smallest absolute Gasteiger partial charge is 0.123 e. The summed E-state index contributed by atoms with van der Waals surface area (Å²) in [6, 6.07) is 10.6. The predicted octanol–water partition coefficient (Wildman–Crippen LogP) is 3.34.